The fraction of sp³-hybridized carbons (Fsp3) is 0.643. The molecule has 1 rings (SSSR count). The van der Waals surface area contributed by atoms with Crippen molar-refractivity contribution in [2.45, 2.75) is 45.6 Å². The molecule has 0 aliphatic rings. The van der Waals surface area contributed by atoms with Gasteiger partial charge in [-0.2, -0.15) is 0 Å². The van der Waals surface area contributed by atoms with Gasteiger partial charge in [0.15, 0.2) is 0 Å². The molecular weight excluding hydrogens is 226 g/mol. The Morgan fingerprint density at radius 1 is 1.11 bits per heavy atom. The minimum absolute atomic E-state index is 0.554. The van der Waals surface area contributed by atoms with Crippen LogP contribution in [-0.4, -0.2) is 28.8 Å². The summed E-state index contributed by atoms with van der Waals surface area (Å²) in [5.41, 5.74) is 1.32. The first-order valence-corrected chi connectivity index (χ1v) is 6.78. The molecule has 1 aromatic rings. The minimum atomic E-state index is -0.632. The molecule has 1 heterocycles. The van der Waals surface area contributed by atoms with Gasteiger partial charge in [-0.3, -0.25) is 4.98 Å². The van der Waals surface area contributed by atoms with E-state index in [1.165, 1.54) is 0 Å². The second kappa shape index (κ2) is 7.21. The second-order valence-corrected chi connectivity index (χ2v) is 4.67. The molecule has 0 aliphatic heterocycles. The van der Waals surface area contributed by atoms with Crippen molar-refractivity contribution in [2.24, 2.45) is 0 Å². The lowest BCUT2D eigenvalue weighted by molar-refractivity contribution is 0.0457. The highest BCUT2D eigenvalue weighted by Crippen LogP contribution is 2.18. The van der Waals surface area contributed by atoms with E-state index in [2.05, 4.69) is 22.5 Å². The van der Waals surface area contributed by atoms with Crippen LogP contribution in [0.2, 0.25) is 0 Å². The van der Waals surface area contributed by atoms with Gasteiger partial charge in [-0.05, 0) is 25.3 Å². The molecule has 0 aromatic carbocycles. The molecule has 0 unspecified atom stereocenters. The van der Waals surface area contributed by atoms with Gasteiger partial charge in [-0.15, -0.1) is 0 Å². The minimum Gasteiger partial charge on any atom is -0.388 e. The van der Waals surface area contributed by atoms with E-state index in [9.17, 15) is 5.11 Å². The lowest BCUT2D eigenvalue weighted by Gasteiger charge is -2.26. The van der Waals surface area contributed by atoms with Gasteiger partial charge in [0.25, 0.3) is 0 Å². The molecule has 3 N–H and O–H groups in total. The molecule has 0 aliphatic carbocycles. The van der Waals surface area contributed by atoms with Crippen LogP contribution in [0.4, 0.5) is 11.4 Å². The van der Waals surface area contributed by atoms with Gasteiger partial charge < -0.3 is 15.7 Å². The maximum Gasteiger partial charge on any atom is 0.0814 e. The summed E-state index contributed by atoms with van der Waals surface area (Å²) in [5, 5.41) is 16.7. The standard InChI is InChI=1S/C14H25N3O/c1-4-7-16-12-8-13(10-15-9-12)17-11-14(18,5-2)6-3/h8-10,16-18H,4-7,11H2,1-3H3. The lowest BCUT2D eigenvalue weighted by Crippen LogP contribution is -2.35. The molecule has 0 atom stereocenters. The maximum absolute atomic E-state index is 10.2. The Labute approximate surface area is 110 Å². The third kappa shape index (κ3) is 4.53. The summed E-state index contributed by atoms with van der Waals surface area (Å²) in [6.45, 7) is 7.63. The Morgan fingerprint density at radius 3 is 2.28 bits per heavy atom. The third-order valence-corrected chi connectivity index (χ3v) is 3.26. The van der Waals surface area contributed by atoms with Crippen molar-refractivity contribution >= 4 is 11.4 Å². The Kier molecular flexibility index (Phi) is 5.92. The highest BCUT2D eigenvalue weighted by atomic mass is 16.3. The first-order chi connectivity index (χ1) is 8.63. The van der Waals surface area contributed by atoms with Crippen LogP contribution in [0, 0.1) is 0 Å². The molecule has 4 nitrogen and oxygen atoms in total. The number of hydrogen-bond donors (Lipinski definition) is 3. The van der Waals surface area contributed by atoms with Crippen molar-refractivity contribution < 1.29 is 5.11 Å². The van der Waals surface area contributed by atoms with Crippen molar-refractivity contribution in [2.75, 3.05) is 23.7 Å². The van der Waals surface area contributed by atoms with E-state index >= 15 is 0 Å². The average Bonchev–Trinajstić information content (AvgIpc) is 2.43. The van der Waals surface area contributed by atoms with Crippen LogP contribution in [0.3, 0.4) is 0 Å². The average molecular weight is 251 g/mol. The van der Waals surface area contributed by atoms with Crippen molar-refractivity contribution in [3.05, 3.63) is 18.5 Å². The first kappa shape index (κ1) is 14.8. The number of aliphatic hydroxyl groups is 1. The van der Waals surface area contributed by atoms with E-state index < -0.39 is 5.60 Å². The number of pyridine rings is 1. The highest BCUT2D eigenvalue weighted by Gasteiger charge is 2.21. The summed E-state index contributed by atoms with van der Waals surface area (Å²) < 4.78 is 0. The topological polar surface area (TPSA) is 57.2 Å². The Hall–Kier alpha value is -1.29. The van der Waals surface area contributed by atoms with Crippen LogP contribution in [0.15, 0.2) is 18.5 Å². The van der Waals surface area contributed by atoms with Crippen LogP contribution < -0.4 is 10.6 Å². The number of nitrogens with zero attached hydrogens (tertiary/aromatic N) is 1. The molecular formula is C14H25N3O. The van der Waals surface area contributed by atoms with Crippen molar-refractivity contribution in [1.82, 2.24) is 4.98 Å². The molecule has 0 bridgehead atoms. The fourth-order valence-corrected chi connectivity index (χ4v) is 1.67. The zero-order valence-corrected chi connectivity index (χ0v) is 11.7. The van der Waals surface area contributed by atoms with Crippen LogP contribution in [0.1, 0.15) is 40.0 Å². The summed E-state index contributed by atoms with van der Waals surface area (Å²) >= 11 is 0. The van der Waals surface area contributed by atoms with E-state index in [0.29, 0.717) is 6.54 Å². The van der Waals surface area contributed by atoms with E-state index in [1.807, 2.05) is 26.1 Å². The molecule has 1 aromatic heterocycles. The van der Waals surface area contributed by atoms with Crippen LogP contribution in [0.5, 0.6) is 0 Å². The SMILES string of the molecule is CCCNc1cncc(NCC(O)(CC)CC)c1. The number of rotatable bonds is 8. The highest BCUT2D eigenvalue weighted by molar-refractivity contribution is 5.54. The molecule has 0 saturated heterocycles. The summed E-state index contributed by atoms with van der Waals surface area (Å²) in [7, 11) is 0. The molecule has 0 spiro atoms. The van der Waals surface area contributed by atoms with Gasteiger partial charge >= 0.3 is 0 Å². The quantitative estimate of drug-likeness (QED) is 0.665. The molecule has 4 heteroatoms. The zero-order valence-electron chi connectivity index (χ0n) is 11.7. The first-order valence-electron chi connectivity index (χ1n) is 6.78. The fourth-order valence-electron chi connectivity index (χ4n) is 1.67. The van der Waals surface area contributed by atoms with Gasteiger partial charge in [0, 0.05) is 13.1 Å². The predicted octanol–water partition coefficient (Wildman–Crippen LogP) is 2.87. The van der Waals surface area contributed by atoms with Gasteiger partial charge in [0.05, 0.1) is 29.4 Å². The predicted molar refractivity (Wildman–Crippen MR) is 77.0 cm³/mol. The van der Waals surface area contributed by atoms with Crippen LogP contribution in [-0.2, 0) is 0 Å². The normalized spacial score (nSPS) is 11.3. The zero-order chi connectivity index (χ0) is 13.4. The number of aromatic nitrogens is 1. The van der Waals surface area contributed by atoms with Crippen LogP contribution in [0.25, 0.3) is 0 Å². The van der Waals surface area contributed by atoms with Crippen molar-refractivity contribution in [3.63, 3.8) is 0 Å². The van der Waals surface area contributed by atoms with Crippen molar-refractivity contribution in [1.29, 1.82) is 0 Å². The molecule has 0 fully saturated rings. The Morgan fingerprint density at radius 2 is 1.72 bits per heavy atom. The molecule has 0 radical (unpaired) electrons. The van der Waals surface area contributed by atoms with E-state index in [0.717, 1.165) is 37.2 Å². The summed E-state index contributed by atoms with van der Waals surface area (Å²) in [6.07, 6.45) is 6.17. The Bertz CT molecular complexity index is 351. The number of hydrogen-bond acceptors (Lipinski definition) is 4. The van der Waals surface area contributed by atoms with Gasteiger partial charge in [0.1, 0.15) is 0 Å². The van der Waals surface area contributed by atoms with E-state index in [4.69, 9.17) is 0 Å². The van der Waals surface area contributed by atoms with Crippen molar-refractivity contribution in [3.8, 4) is 0 Å². The number of anilines is 2. The van der Waals surface area contributed by atoms with Gasteiger partial charge in [-0.25, -0.2) is 0 Å². The smallest absolute Gasteiger partial charge is 0.0814 e. The molecule has 0 amide bonds. The van der Waals surface area contributed by atoms with Crippen LogP contribution >= 0.6 is 0 Å². The maximum atomic E-state index is 10.2. The molecule has 0 saturated carbocycles. The number of nitrogens with one attached hydrogen (secondary N) is 2. The monoisotopic (exact) mass is 251 g/mol. The summed E-state index contributed by atoms with van der Waals surface area (Å²) in [5.74, 6) is 0. The Balaban J connectivity index is 2.56. The summed E-state index contributed by atoms with van der Waals surface area (Å²) in [6, 6.07) is 2.02. The van der Waals surface area contributed by atoms with E-state index in [-0.39, 0.29) is 0 Å². The second-order valence-electron chi connectivity index (χ2n) is 4.67. The third-order valence-electron chi connectivity index (χ3n) is 3.26. The largest absolute Gasteiger partial charge is 0.388 e. The van der Waals surface area contributed by atoms with Gasteiger partial charge in [-0.1, -0.05) is 20.8 Å². The van der Waals surface area contributed by atoms with E-state index in [1.54, 1.807) is 6.20 Å². The van der Waals surface area contributed by atoms with Gasteiger partial charge in [0.2, 0.25) is 0 Å². The lowest BCUT2D eigenvalue weighted by atomic mass is 9.97. The molecule has 18 heavy (non-hydrogen) atoms. The molecule has 102 valence electrons. The summed E-state index contributed by atoms with van der Waals surface area (Å²) in [4.78, 5) is 4.18.